The van der Waals surface area contributed by atoms with Crippen LogP contribution in [-0.4, -0.2) is 40.5 Å². The van der Waals surface area contributed by atoms with E-state index in [2.05, 4.69) is 10.3 Å². The zero-order valence-corrected chi connectivity index (χ0v) is 18.7. The zero-order valence-electron chi connectivity index (χ0n) is 18.7. The van der Waals surface area contributed by atoms with Crippen molar-refractivity contribution in [3.05, 3.63) is 34.3 Å². The molecule has 33 heavy (non-hydrogen) atoms. The average molecular weight is 473 g/mol. The normalized spacial score (nSPS) is 20.3. The van der Waals surface area contributed by atoms with Crippen molar-refractivity contribution >= 4 is 11.6 Å². The molecule has 4 rings (SSSR count). The first-order valence-corrected chi connectivity index (χ1v) is 11.3. The molecule has 1 amide bonds. The molecular weight excluding hydrogens is 445 g/mol. The Morgan fingerprint density at radius 1 is 1.18 bits per heavy atom. The van der Waals surface area contributed by atoms with Crippen LogP contribution in [0.2, 0.25) is 0 Å². The molecule has 1 saturated carbocycles. The summed E-state index contributed by atoms with van der Waals surface area (Å²) in [6.45, 7) is 4.32. The molecule has 5 nitrogen and oxygen atoms in total. The van der Waals surface area contributed by atoms with Gasteiger partial charge >= 0.3 is 6.18 Å². The van der Waals surface area contributed by atoms with Crippen LogP contribution in [0.5, 0.6) is 0 Å². The number of amides is 1. The molecule has 2 aromatic rings. The Kier molecular flexibility index (Phi) is 6.41. The SMILES string of the molecule is Cc1c(C(=O)NC2CCOCC2)cc(C)n2c(CC3CCC(F)(F)CC3)c(C(F)(F)F)nc12. The lowest BCUT2D eigenvalue weighted by Gasteiger charge is -2.28. The number of ether oxygens (including phenoxy) is 1. The Hall–Kier alpha value is -2.23. The number of carbonyl (C=O) groups is 1. The first kappa shape index (κ1) is 23.9. The Balaban J connectivity index is 1.70. The third-order valence-corrected chi connectivity index (χ3v) is 6.81. The van der Waals surface area contributed by atoms with Gasteiger partial charge in [0.1, 0.15) is 5.65 Å². The molecule has 1 N–H and O–H groups in total. The number of nitrogens with zero attached hydrogens (tertiary/aromatic N) is 2. The van der Waals surface area contributed by atoms with E-state index in [1.807, 2.05) is 0 Å². The first-order valence-electron chi connectivity index (χ1n) is 11.3. The Labute approximate surface area is 188 Å². The second kappa shape index (κ2) is 8.85. The van der Waals surface area contributed by atoms with Gasteiger partial charge in [-0.05, 0) is 57.9 Å². The van der Waals surface area contributed by atoms with Gasteiger partial charge in [0.25, 0.3) is 5.91 Å². The first-order chi connectivity index (χ1) is 15.5. The predicted molar refractivity (Wildman–Crippen MR) is 112 cm³/mol. The summed E-state index contributed by atoms with van der Waals surface area (Å²) in [7, 11) is 0. The van der Waals surface area contributed by atoms with Crippen molar-refractivity contribution < 1.29 is 31.5 Å². The lowest BCUT2D eigenvalue weighted by Crippen LogP contribution is -2.39. The highest BCUT2D eigenvalue weighted by Crippen LogP contribution is 2.40. The Morgan fingerprint density at radius 3 is 2.42 bits per heavy atom. The molecule has 1 aliphatic carbocycles. The molecule has 2 fully saturated rings. The number of fused-ring (bicyclic) bond motifs is 1. The maximum Gasteiger partial charge on any atom is 0.435 e. The number of aromatic nitrogens is 2. The van der Waals surface area contributed by atoms with E-state index in [-0.39, 0.29) is 66.9 Å². The summed E-state index contributed by atoms with van der Waals surface area (Å²) in [5, 5.41) is 2.94. The van der Waals surface area contributed by atoms with Crippen LogP contribution in [0.25, 0.3) is 5.65 Å². The lowest BCUT2D eigenvalue weighted by molar-refractivity contribution is -0.141. The van der Waals surface area contributed by atoms with Gasteiger partial charge in [0.15, 0.2) is 5.69 Å². The monoisotopic (exact) mass is 473 g/mol. The minimum atomic E-state index is -4.69. The summed E-state index contributed by atoms with van der Waals surface area (Å²) in [6.07, 6.45) is -3.61. The van der Waals surface area contributed by atoms with Gasteiger partial charge < -0.3 is 14.5 Å². The number of rotatable bonds is 4. The van der Waals surface area contributed by atoms with E-state index in [9.17, 15) is 26.7 Å². The quantitative estimate of drug-likeness (QED) is 0.618. The van der Waals surface area contributed by atoms with Crippen molar-refractivity contribution in [3.8, 4) is 0 Å². The highest BCUT2D eigenvalue weighted by atomic mass is 19.4. The fourth-order valence-electron chi connectivity index (χ4n) is 4.92. The number of pyridine rings is 1. The molecule has 1 aliphatic heterocycles. The van der Waals surface area contributed by atoms with Crippen molar-refractivity contribution in [1.29, 1.82) is 0 Å². The summed E-state index contributed by atoms with van der Waals surface area (Å²) >= 11 is 0. The number of halogens is 5. The average Bonchev–Trinajstić information content (AvgIpc) is 3.13. The third-order valence-electron chi connectivity index (χ3n) is 6.81. The van der Waals surface area contributed by atoms with Gasteiger partial charge in [-0.2, -0.15) is 13.2 Å². The summed E-state index contributed by atoms with van der Waals surface area (Å²) in [4.78, 5) is 16.8. The van der Waals surface area contributed by atoms with E-state index in [0.29, 0.717) is 37.3 Å². The van der Waals surface area contributed by atoms with Crippen LogP contribution in [-0.2, 0) is 17.3 Å². The van der Waals surface area contributed by atoms with Crippen molar-refractivity contribution in [2.45, 2.75) is 76.9 Å². The van der Waals surface area contributed by atoms with Crippen molar-refractivity contribution in [2.24, 2.45) is 5.92 Å². The second-order valence-electron chi connectivity index (χ2n) is 9.25. The van der Waals surface area contributed by atoms with E-state index in [1.54, 1.807) is 19.9 Å². The number of imidazole rings is 1. The molecule has 0 atom stereocenters. The van der Waals surface area contributed by atoms with Crippen LogP contribution in [0.4, 0.5) is 22.0 Å². The van der Waals surface area contributed by atoms with Gasteiger partial charge in [0, 0.05) is 48.9 Å². The van der Waals surface area contributed by atoms with Crippen LogP contribution in [0, 0.1) is 19.8 Å². The van der Waals surface area contributed by atoms with E-state index in [1.165, 1.54) is 4.40 Å². The van der Waals surface area contributed by atoms with Gasteiger partial charge in [-0.25, -0.2) is 13.8 Å². The highest BCUT2D eigenvalue weighted by molar-refractivity contribution is 5.97. The number of nitrogens with one attached hydrogen (secondary N) is 1. The maximum atomic E-state index is 13.9. The molecule has 2 aliphatic rings. The minimum Gasteiger partial charge on any atom is -0.381 e. The molecule has 0 unspecified atom stereocenters. The number of hydrogen-bond donors (Lipinski definition) is 1. The number of carbonyl (C=O) groups excluding carboxylic acids is 1. The topological polar surface area (TPSA) is 55.6 Å². The molecule has 0 radical (unpaired) electrons. The van der Waals surface area contributed by atoms with Gasteiger partial charge in [0.2, 0.25) is 5.92 Å². The summed E-state index contributed by atoms with van der Waals surface area (Å²) in [5.74, 6) is -3.37. The molecule has 182 valence electrons. The summed E-state index contributed by atoms with van der Waals surface area (Å²) < 4.78 is 75.5. The van der Waals surface area contributed by atoms with Gasteiger partial charge in [-0.3, -0.25) is 4.79 Å². The van der Waals surface area contributed by atoms with E-state index < -0.39 is 17.8 Å². The molecule has 10 heteroatoms. The standard InChI is InChI=1S/C23H28F5N3O2/c1-13-11-17(21(32)29-16-5-9-33-10-6-16)14(2)20-30-19(23(26,27)28)18(31(13)20)12-15-3-7-22(24,25)8-4-15/h11,15-16H,3-10,12H2,1-2H3,(H,29,32). The minimum absolute atomic E-state index is 0.0139. The van der Waals surface area contributed by atoms with Crippen molar-refractivity contribution in [2.75, 3.05) is 13.2 Å². The lowest BCUT2D eigenvalue weighted by atomic mass is 9.83. The van der Waals surface area contributed by atoms with Crippen LogP contribution >= 0.6 is 0 Å². The predicted octanol–water partition coefficient (Wildman–Crippen LogP) is 5.25. The molecule has 1 saturated heterocycles. The molecule has 2 aromatic heterocycles. The Bertz CT molecular complexity index is 1030. The van der Waals surface area contributed by atoms with E-state index in [4.69, 9.17) is 4.74 Å². The largest absolute Gasteiger partial charge is 0.435 e. The zero-order chi connectivity index (χ0) is 24.0. The smallest absolute Gasteiger partial charge is 0.381 e. The van der Waals surface area contributed by atoms with E-state index >= 15 is 0 Å². The van der Waals surface area contributed by atoms with Crippen LogP contribution < -0.4 is 5.32 Å². The summed E-state index contributed by atoms with van der Waals surface area (Å²) in [5.41, 5.74) is 0.145. The summed E-state index contributed by atoms with van der Waals surface area (Å²) in [6, 6.07) is 1.53. The van der Waals surface area contributed by atoms with Crippen LogP contribution in [0.3, 0.4) is 0 Å². The number of hydrogen-bond acceptors (Lipinski definition) is 3. The Morgan fingerprint density at radius 2 is 1.82 bits per heavy atom. The van der Waals surface area contributed by atoms with Gasteiger partial charge in [-0.1, -0.05) is 0 Å². The molecule has 0 bridgehead atoms. The molecular formula is C23H28F5N3O2. The fraction of sp³-hybridized carbons (Fsp3) is 0.652. The van der Waals surface area contributed by atoms with Crippen LogP contribution in [0.15, 0.2) is 6.07 Å². The van der Waals surface area contributed by atoms with E-state index in [0.717, 1.165) is 0 Å². The number of aryl methyl sites for hydroxylation is 2. The molecule has 3 heterocycles. The number of alkyl halides is 5. The fourth-order valence-corrected chi connectivity index (χ4v) is 4.92. The third kappa shape index (κ3) is 5.00. The van der Waals surface area contributed by atoms with Crippen LogP contribution in [0.1, 0.15) is 71.5 Å². The van der Waals surface area contributed by atoms with Crippen molar-refractivity contribution in [3.63, 3.8) is 0 Å². The van der Waals surface area contributed by atoms with Crippen molar-refractivity contribution in [1.82, 2.24) is 14.7 Å². The maximum absolute atomic E-state index is 13.9. The molecule has 0 aromatic carbocycles. The highest BCUT2D eigenvalue weighted by Gasteiger charge is 2.41. The van der Waals surface area contributed by atoms with Gasteiger partial charge in [0.05, 0.1) is 5.69 Å². The molecule has 0 spiro atoms. The van der Waals surface area contributed by atoms with Gasteiger partial charge in [-0.15, -0.1) is 0 Å². The second-order valence-corrected chi connectivity index (χ2v) is 9.25.